The summed E-state index contributed by atoms with van der Waals surface area (Å²) in [5.41, 5.74) is 8.31. The summed E-state index contributed by atoms with van der Waals surface area (Å²) in [5, 5.41) is 3.97. The average molecular weight is 266 g/mol. The fraction of sp³-hybridized carbons (Fsp3) is 0.133. The van der Waals surface area contributed by atoms with Crippen molar-refractivity contribution in [3.63, 3.8) is 0 Å². The van der Waals surface area contributed by atoms with Crippen LogP contribution in [-0.2, 0) is 6.42 Å². The highest BCUT2D eigenvalue weighted by molar-refractivity contribution is 5.58. The lowest BCUT2D eigenvalue weighted by atomic mass is 10.1. The topological polar surface area (TPSA) is 77.8 Å². The Bertz CT molecular complexity index is 694. The van der Waals surface area contributed by atoms with Crippen molar-refractivity contribution >= 4 is 0 Å². The van der Waals surface area contributed by atoms with E-state index in [4.69, 9.17) is 10.3 Å². The van der Waals surface area contributed by atoms with E-state index in [2.05, 4.69) is 15.1 Å². The molecule has 5 heteroatoms. The van der Waals surface area contributed by atoms with Crippen LogP contribution < -0.4 is 5.73 Å². The molecule has 2 heterocycles. The zero-order valence-corrected chi connectivity index (χ0v) is 10.9. The van der Waals surface area contributed by atoms with Crippen molar-refractivity contribution in [1.29, 1.82) is 0 Å². The number of nitrogens with two attached hydrogens (primary N) is 1. The van der Waals surface area contributed by atoms with Gasteiger partial charge in [-0.15, -0.1) is 0 Å². The predicted octanol–water partition coefficient (Wildman–Crippen LogP) is 2.30. The average Bonchev–Trinajstić information content (AvgIpc) is 2.99. The van der Waals surface area contributed by atoms with E-state index in [9.17, 15) is 0 Å². The van der Waals surface area contributed by atoms with Gasteiger partial charge in [-0.25, -0.2) is 0 Å². The van der Waals surface area contributed by atoms with Gasteiger partial charge in [0.2, 0.25) is 5.82 Å². The van der Waals surface area contributed by atoms with Crippen molar-refractivity contribution in [3.05, 3.63) is 54.2 Å². The van der Waals surface area contributed by atoms with Crippen molar-refractivity contribution in [2.75, 3.05) is 6.54 Å². The van der Waals surface area contributed by atoms with Crippen LogP contribution in [-0.4, -0.2) is 21.7 Å². The van der Waals surface area contributed by atoms with Crippen LogP contribution >= 0.6 is 0 Å². The first-order chi connectivity index (χ1) is 9.86. The van der Waals surface area contributed by atoms with Gasteiger partial charge >= 0.3 is 0 Å². The molecule has 0 aliphatic heterocycles. The molecule has 2 aromatic heterocycles. The van der Waals surface area contributed by atoms with Gasteiger partial charge in [-0.05, 0) is 42.8 Å². The minimum absolute atomic E-state index is 0.490. The standard InChI is InChI=1S/C15H14N4O/c16-8-7-11-4-3-5-12(10-11)15-18-14(19-20-15)13-6-1-2-9-17-13/h1-6,9-10H,7-8,16H2. The normalized spacial score (nSPS) is 10.7. The minimum Gasteiger partial charge on any atom is -0.334 e. The quantitative estimate of drug-likeness (QED) is 0.784. The van der Waals surface area contributed by atoms with Gasteiger partial charge in [0.25, 0.3) is 5.89 Å². The Balaban J connectivity index is 1.92. The number of hydrogen-bond donors (Lipinski definition) is 1. The van der Waals surface area contributed by atoms with Crippen molar-refractivity contribution < 1.29 is 4.52 Å². The third-order valence-electron chi connectivity index (χ3n) is 2.93. The predicted molar refractivity (Wildman–Crippen MR) is 75.7 cm³/mol. The molecule has 0 aliphatic rings. The molecule has 0 saturated carbocycles. The maximum atomic E-state index is 5.57. The first-order valence-electron chi connectivity index (χ1n) is 6.41. The number of benzene rings is 1. The van der Waals surface area contributed by atoms with E-state index in [-0.39, 0.29) is 0 Å². The summed E-state index contributed by atoms with van der Waals surface area (Å²) in [6.07, 6.45) is 2.53. The van der Waals surface area contributed by atoms with Crippen molar-refractivity contribution in [2.24, 2.45) is 5.73 Å². The van der Waals surface area contributed by atoms with Crippen molar-refractivity contribution in [1.82, 2.24) is 15.1 Å². The lowest BCUT2D eigenvalue weighted by molar-refractivity contribution is 0.432. The van der Waals surface area contributed by atoms with Gasteiger partial charge in [-0.2, -0.15) is 4.98 Å². The second-order valence-corrected chi connectivity index (χ2v) is 4.38. The van der Waals surface area contributed by atoms with Gasteiger partial charge in [0.1, 0.15) is 5.69 Å². The molecule has 2 N–H and O–H groups in total. The van der Waals surface area contributed by atoms with Crippen LogP contribution in [0.5, 0.6) is 0 Å². The highest BCUT2D eigenvalue weighted by atomic mass is 16.5. The molecular formula is C15H14N4O. The molecule has 0 aliphatic carbocycles. The molecule has 20 heavy (non-hydrogen) atoms. The fourth-order valence-electron chi connectivity index (χ4n) is 1.97. The molecule has 100 valence electrons. The third-order valence-corrected chi connectivity index (χ3v) is 2.93. The van der Waals surface area contributed by atoms with E-state index in [1.54, 1.807) is 6.20 Å². The summed E-state index contributed by atoms with van der Waals surface area (Å²) >= 11 is 0. The van der Waals surface area contributed by atoms with Crippen LogP contribution in [0.15, 0.2) is 53.2 Å². The van der Waals surface area contributed by atoms with Gasteiger partial charge < -0.3 is 10.3 Å². The molecule has 5 nitrogen and oxygen atoms in total. The van der Waals surface area contributed by atoms with E-state index in [1.165, 1.54) is 0 Å². The van der Waals surface area contributed by atoms with E-state index in [0.717, 1.165) is 17.5 Å². The number of nitrogens with zero attached hydrogens (tertiary/aromatic N) is 3. The van der Waals surface area contributed by atoms with Crippen LogP contribution in [0.4, 0.5) is 0 Å². The lowest BCUT2D eigenvalue weighted by Gasteiger charge is -1.99. The summed E-state index contributed by atoms with van der Waals surface area (Å²) in [5.74, 6) is 0.981. The van der Waals surface area contributed by atoms with Crippen LogP contribution in [0, 0.1) is 0 Å². The van der Waals surface area contributed by atoms with Gasteiger partial charge in [-0.3, -0.25) is 4.98 Å². The summed E-state index contributed by atoms with van der Waals surface area (Å²) < 4.78 is 5.31. The first kappa shape index (κ1) is 12.5. The van der Waals surface area contributed by atoms with E-state index >= 15 is 0 Å². The molecule has 0 bridgehead atoms. The maximum Gasteiger partial charge on any atom is 0.258 e. The molecular weight excluding hydrogens is 252 g/mol. The van der Waals surface area contributed by atoms with Gasteiger partial charge in [-0.1, -0.05) is 23.4 Å². The number of pyridine rings is 1. The monoisotopic (exact) mass is 266 g/mol. The molecule has 0 unspecified atom stereocenters. The Morgan fingerprint density at radius 2 is 2.05 bits per heavy atom. The Labute approximate surface area is 116 Å². The zero-order valence-electron chi connectivity index (χ0n) is 10.9. The minimum atomic E-state index is 0.490. The van der Waals surface area contributed by atoms with E-state index in [0.29, 0.717) is 24.0 Å². The van der Waals surface area contributed by atoms with Crippen LogP contribution in [0.25, 0.3) is 23.0 Å². The molecule has 0 spiro atoms. The highest BCUT2D eigenvalue weighted by Gasteiger charge is 2.11. The van der Waals surface area contributed by atoms with Gasteiger partial charge in [0.05, 0.1) is 0 Å². The Kier molecular flexibility index (Phi) is 3.52. The second kappa shape index (κ2) is 5.63. The molecule has 3 aromatic rings. The molecule has 3 rings (SSSR count). The number of aromatic nitrogens is 3. The highest BCUT2D eigenvalue weighted by Crippen LogP contribution is 2.21. The van der Waals surface area contributed by atoms with Gasteiger partial charge in [0, 0.05) is 11.8 Å². The Hall–Kier alpha value is -2.53. The third kappa shape index (κ3) is 2.57. The molecule has 0 saturated heterocycles. The van der Waals surface area contributed by atoms with Gasteiger partial charge in [0.15, 0.2) is 0 Å². The maximum absolute atomic E-state index is 5.57. The summed E-state index contributed by atoms with van der Waals surface area (Å²) in [7, 11) is 0. The van der Waals surface area contributed by atoms with Crippen molar-refractivity contribution in [3.8, 4) is 23.0 Å². The Morgan fingerprint density at radius 1 is 1.10 bits per heavy atom. The lowest BCUT2D eigenvalue weighted by Crippen LogP contribution is -2.02. The largest absolute Gasteiger partial charge is 0.334 e. The Morgan fingerprint density at radius 3 is 2.85 bits per heavy atom. The van der Waals surface area contributed by atoms with Crippen molar-refractivity contribution in [2.45, 2.75) is 6.42 Å². The zero-order chi connectivity index (χ0) is 13.8. The SMILES string of the molecule is NCCc1cccc(-c2nc(-c3ccccn3)no2)c1. The molecule has 0 fully saturated rings. The smallest absolute Gasteiger partial charge is 0.258 e. The van der Waals surface area contributed by atoms with E-state index < -0.39 is 0 Å². The molecule has 1 aromatic carbocycles. The molecule has 0 radical (unpaired) electrons. The van der Waals surface area contributed by atoms with Crippen LogP contribution in [0.3, 0.4) is 0 Å². The summed E-state index contributed by atoms with van der Waals surface area (Å²) in [6, 6.07) is 13.5. The molecule has 0 atom stereocenters. The fourth-order valence-corrected chi connectivity index (χ4v) is 1.97. The molecule has 0 amide bonds. The summed E-state index contributed by atoms with van der Waals surface area (Å²) in [4.78, 5) is 8.58. The van der Waals surface area contributed by atoms with Crippen LogP contribution in [0.1, 0.15) is 5.56 Å². The first-order valence-corrected chi connectivity index (χ1v) is 6.41. The number of rotatable bonds is 4. The van der Waals surface area contributed by atoms with Crippen LogP contribution in [0.2, 0.25) is 0 Å². The summed E-state index contributed by atoms with van der Waals surface area (Å²) in [6.45, 7) is 0.618. The second-order valence-electron chi connectivity index (χ2n) is 4.38. The number of hydrogen-bond acceptors (Lipinski definition) is 5. The van der Waals surface area contributed by atoms with E-state index in [1.807, 2.05) is 42.5 Å².